The first kappa shape index (κ1) is 12.4. The molecular weight excluding hydrogens is 255 g/mol. The molecule has 0 radical (unpaired) electrons. The van der Waals surface area contributed by atoms with Gasteiger partial charge in [0.1, 0.15) is 5.82 Å². The largest absolute Gasteiger partial charge is 0.327 e. The van der Waals surface area contributed by atoms with Gasteiger partial charge in [0.25, 0.3) is 0 Å². The van der Waals surface area contributed by atoms with E-state index in [0.717, 1.165) is 11.3 Å². The minimum Gasteiger partial charge on any atom is -0.327 e. The van der Waals surface area contributed by atoms with Gasteiger partial charge in [0.05, 0.1) is 6.04 Å². The molecule has 1 atom stereocenters. The van der Waals surface area contributed by atoms with Crippen LogP contribution in [0.2, 0.25) is 0 Å². The average molecular weight is 268 g/mol. The summed E-state index contributed by atoms with van der Waals surface area (Å²) in [7, 11) is 0. The third-order valence-corrected chi connectivity index (χ3v) is 3.16. The van der Waals surface area contributed by atoms with Crippen molar-refractivity contribution in [2.24, 2.45) is 0 Å². The topological polar surface area (TPSA) is 41.1 Å². The van der Waals surface area contributed by atoms with Crippen LogP contribution in [-0.2, 0) is 0 Å². The Kier molecular flexibility index (Phi) is 3.21. The van der Waals surface area contributed by atoms with E-state index in [0.29, 0.717) is 5.56 Å². The molecule has 3 nitrogen and oxygen atoms in total. The summed E-state index contributed by atoms with van der Waals surface area (Å²) < 4.78 is 13.3. The number of benzene rings is 2. The third-order valence-electron chi connectivity index (χ3n) is 3.16. The SMILES string of the molecule is O=C1NC(c2ccccc2)=CC(c2cccc(F)c2)N1. The predicted molar refractivity (Wildman–Crippen MR) is 75.2 cm³/mol. The zero-order chi connectivity index (χ0) is 13.9. The first-order chi connectivity index (χ1) is 9.72. The van der Waals surface area contributed by atoms with Gasteiger partial charge in [-0.1, -0.05) is 42.5 Å². The van der Waals surface area contributed by atoms with E-state index in [2.05, 4.69) is 10.6 Å². The molecule has 2 aromatic rings. The predicted octanol–water partition coefficient (Wildman–Crippen LogP) is 3.22. The van der Waals surface area contributed by atoms with Crippen molar-refractivity contribution in [2.45, 2.75) is 6.04 Å². The Labute approximate surface area is 116 Å². The van der Waals surface area contributed by atoms with Crippen LogP contribution in [0, 0.1) is 5.82 Å². The van der Waals surface area contributed by atoms with Gasteiger partial charge in [-0.2, -0.15) is 0 Å². The summed E-state index contributed by atoms with van der Waals surface area (Å²) in [6.07, 6.45) is 1.88. The molecule has 0 bridgehead atoms. The normalized spacial score (nSPS) is 17.9. The highest BCUT2D eigenvalue weighted by molar-refractivity contribution is 5.88. The van der Waals surface area contributed by atoms with E-state index in [1.807, 2.05) is 36.4 Å². The van der Waals surface area contributed by atoms with Crippen LogP contribution in [0.5, 0.6) is 0 Å². The van der Waals surface area contributed by atoms with E-state index in [-0.39, 0.29) is 17.9 Å². The van der Waals surface area contributed by atoms with Gasteiger partial charge in [0, 0.05) is 5.70 Å². The summed E-state index contributed by atoms with van der Waals surface area (Å²) in [5.74, 6) is -0.315. The average Bonchev–Trinajstić information content (AvgIpc) is 2.47. The second kappa shape index (κ2) is 5.17. The fourth-order valence-electron chi connectivity index (χ4n) is 2.22. The molecule has 2 amide bonds. The Morgan fingerprint density at radius 1 is 1.00 bits per heavy atom. The minimum absolute atomic E-state index is 0.291. The lowest BCUT2D eigenvalue weighted by molar-refractivity contribution is 0.241. The molecule has 100 valence electrons. The lowest BCUT2D eigenvalue weighted by Gasteiger charge is -2.24. The Hall–Kier alpha value is -2.62. The maximum absolute atomic E-state index is 13.3. The number of urea groups is 1. The molecule has 2 N–H and O–H groups in total. The first-order valence-electron chi connectivity index (χ1n) is 6.32. The van der Waals surface area contributed by atoms with E-state index >= 15 is 0 Å². The zero-order valence-corrected chi connectivity index (χ0v) is 10.6. The smallest absolute Gasteiger partial charge is 0.319 e. The van der Waals surface area contributed by atoms with Crippen LogP contribution in [0.4, 0.5) is 9.18 Å². The van der Waals surface area contributed by atoms with Gasteiger partial charge in [-0.25, -0.2) is 9.18 Å². The number of carbonyl (C=O) groups is 1. The van der Waals surface area contributed by atoms with Crippen LogP contribution < -0.4 is 10.6 Å². The lowest BCUT2D eigenvalue weighted by Crippen LogP contribution is -2.40. The van der Waals surface area contributed by atoms with E-state index in [9.17, 15) is 9.18 Å². The van der Waals surface area contributed by atoms with Gasteiger partial charge in [-0.3, -0.25) is 0 Å². The van der Waals surface area contributed by atoms with Crippen molar-refractivity contribution in [3.63, 3.8) is 0 Å². The fraction of sp³-hybridized carbons (Fsp3) is 0.0625. The Morgan fingerprint density at radius 2 is 1.80 bits per heavy atom. The lowest BCUT2D eigenvalue weighted by atomic mass is 10.0. The van der Waals surface area contributed by atoms with Crippen molar-refractivity contribution < 1.29 is 9.18 Å². The number of rotatable bonds is 2. The van der Waals surface area contributed by atoms with Gasteiger partial charge in [-0.15, -0.1) is 0 Å². The van der Waals surface area contributed by atoms with Crippen molar-refractivity contribution in [3.8, 4) is 0 Å². The van der Waals surface area contributed by atoms with Gasteiger partial charge in [0.2, 0.25) is 0 Å². The molecule has 1 heterocycles. The molecule has 0 fully saturated rings. The number of hydrogen-bond acceptors (Lipinski definition) is 1. The van der Waals surface area contributed by atoms with Crippen LogP contribution in [0.25, 0.3) is 5.70 Å². The summed E-state index contributed by atoms with van der Waals surface area (Å²) in [5, 5.41) is 5.53. The van der Waals surface area contributed by atoms with Crippen molar-refractivity contribution in [1.29, 1.82) is 0 Å². The minimum atomic E-state index is -0.338. The van der Waals surface area contributed by atoms with Crippen LogP contribution in [0.15, 0.2) is 60.7 Å². The zero-order valence-electron chi connectivity index (χ0n) is 10.6. The van der Waals surface area contributed by atoms with Gasteiger partial charge < -0.3 is 10.6 Å². The standard InChI is InChI=1S/C16H13FN2O/c17-13-8-4-7-12(9-13)15-10-14(18-16(20)19-15)11-5-2-1-3-6-11/h1-10,15H,(H2,18,19,20). The summed E-state index contributed by atoms with van der Waals surface area (Å²) in [4.78, 5) is 11.8. The molecular formula is C16H13FN2O. The molecule has 0 saturated heterocycles. The van der Waals surface area contributed by atoms with Crippen molar-refractivity contribution in [2.75, 3.05) is 0 Å². The Morgan fingerprint density at radius 3 is 2.55 bits per heavy atom. The molecule has 2 aromatic carbocycles. The summed E-state index contributed by atoms with van der Waals surface area (Å²) in [5.41, 5.74) is 2.36. The van der Waals surface area contributed by atoms with Crippen molar-refractivity contribution in [3.05, 3.63) is 77.6 Å². The molecule has 0 aliphatic carbocycles. The monoisotopic (exact) mass is 268 g/mol. The van der Waals surface area contributed by atoms with Crippen molar-refractivity contribution in [1.82, 2.24) is 10.6 Å². The molecule has 0 saturated carbocycles. The maximum Gasteiger partial charge on any atom is 0.319 e. The third kappa shape index (κ3) is 2.54. The highest BCUT2D eigenvalue weighted by atomic mass is 19.1. The van der Waals surface area contributed by atoms with Crippen LogP contribution in [0.1, 0.15) is 17.2 Å². The molecule has 4 heteroatoms. The molecule has 3 rings (SSSR count). The number of hydrogen-bond donors (Lipinski definition) is 2. The Balaban J connectivity index is 1.98. The summed E-state index contributed by atoms with van der Waals surface area (Å²) in [6.45, 7) is 0. The number of carbonyl (C=O) groups excluding carboxylic acids is 1. The number of amides is 2. The van der Waals surface area contributed by atoms with E-state index in [4.69, 9.17) is 0 Å². The van der Waals surface area contributed by atoms with Crippen molar-refractivity contribution >= 4 is 11.7 Å². The van der Waals surface area contributed by atoms with E-state index in [1.54, 1.807) is 12.1 Å². The van der Waals surface area contributed by atoms with E-state index < -0.39 is 0 Å². The maximum atomic E-state index is 13.3. The molecule has 1 aliphatic rings. The second-order valence-electron chi connectivity index (χ2n) is 4.58. The second-order valence-corrected chi connectivity index (χ2v) is 4.58. The molecule has 0 spiro atoms. The first-order valence-corrected chi connectivity index (χ1v) is 6.32. The number of nitrogens with one attached hydrogen (secondary N) is 2. The Bertz CT molecular complexity index is 667. The summed E-state index contributed by atoms with van der Waals surface area (Å²) in [6, 6.07) is 15.2. The molecule has 1 unspecified atom stereocenters. The van der Waals surface area contributed by atoms with Gasteiger partial charge in [-0.05, 0) is 29.3 Å². The molecule has 1 aliphatic heterocycles. The quantitative estimate of drug-likeness (QED) is 0.862. The van der Waals surface area contributed by atoms with Crippen LogP contribution in [-0.4, -0.2) is 6.03 Å². The highest BCUT2D eigenvalue weighted by Gasteiger charge is 2.20. The van der Waals surface area contributed by atoms with Gasteiger partial charge >= 0.3 is 6.03 Å². The van der Waals surface area contributed by atoms with E-state index in [1.165, 1.54) is 12.1 Å². The molecule has 0 aromatic heterocycles. The molecule has 20 heavy (non-hydrogen) atoms. The van der Waals surface area contributed by atoms with Crippen LogP contribution in [0.3, 0.4) is 0 Å². The number of halogens is 1. The fourth-order valence-corrected chi connectivity index (χ4v) is 2.22. The van der Waals surface area contributed by atoms with Crippen LogP contribution >= 0.6 is 0 Å². The van der Waals surface area contributed by atoms with Gasteiger partial charge in [0.15, 0.2) is 0 Å². The summed E-state index contributed by atoms with van der Waals surface area (Å²) >= 11 is 0. The highest BCUT2D eigenvalue weighted by Crippen LogP contribution is 2.23.